The molecule has 0 bridgehead atoms. The summed E-state index contributed by atoms with van der Waals surface area (Å²) in [5.74, 6) is -0.406. The van der Waals surface area contributed by atoms with Crippen LogP contribution in [0.3, 0.4) is 0 Å². The molecule has 0 aliphatic rings. The Morgan fingerprint density at radius 1 is 0.400 bits per heavy atom. The maximum absolute atomic E-state index is 9.36. The van der Waals surface area contributed by atoms with Crippen molar-refractivity contribution >= 4 is 97.1 Å². The van der Waals surface area contributed by atoms with Gasteiger partial charge in [0.25, 0.3) is 0 Å². The molecule has 6 nitrogen and oxygen atoms in total. The van der Waals surface area contributed by atoms with E-state index in [9.17, 15) is 5.48 Å². The first-order valence-electron chi connectivity index (χ1n) is 29.8. The number of thiophene rings is 1. The van der Waals surface area contributed by atoms with Crippen molar-refractivity contribution in [2.75, 3.05) is 0 Å². The summed E-state index contributed by atoms with van der Waals surface area (Å²) in [6.45, 7) is 0. The molecule has 0 radical (unpaired) electrons. The molecule has 0 saturated carbocycles. The van der Waals surface area contributed by atoms with Gasteiger partial charge in [0, 0.05) is 69.2 Å². The minimum atomic E-state index is -0.647. The molecule has 7 heteroatoms. The van der Waals surface area contributed by atoms with Crippen LogP contribution >= 0.6 is 11.3 Å². The number of fused-ring (bicyclic) bond motifs is 12. The molecule has 0 unspecified atom stereocenters. The predicted molar refractivity (Wildman–Crippen MR) is 290 cm³/mol. The number of para-hydroxylation sites is 7. The first-order valence-corrected chi connectivity index (χ1v) is 23.1. The van der Waals surface area contributed by atoms with E-state index in [0.717, 1.165) is 70.4 Å². The lowest BCUT2D eigenvalue weighted by molar-refractivity contribution is 0.670. The molecule has 0 atom stereocenters. The molecule has 0 N–H and O–H groups in total. The van der Waals surface area contributed by atoms with E-state index in [-0.39, 0.29) is 90.6 Å². The van der Waals surface area contributed by atoms with Crippen molar-refractivity contribution in [2.45, 2.75) is 0 Å². The zero-order valence-electron chi connectivity index (χ0n) is 51.3. The summed E-state index contributed by atoms with van der Waals surface area (Å²) in [5.41, 5.74) is 5.47. The number of furan rings is 1. The Kier molecular flexibility index (Phi) is 5.85. The van der Waals surface area contributed by atoms with Gasteiger partial charge in [0.1, 0.15) is 11.2 Å². The maximum atomic E-state index is 9.36. The molecule has 0 spiro atoms. The van der Waals surface area contributed by atoms with Crippen molar-refractivity contribution in [3.63, 3.8) is 0 Å². The van der Waals surface area contributed by atoms with E-state index in [0.29, 0.717) is 5.56 Å². The van der Waals surface area contributed by atoms with Gasteiger partial charge in [-0.25, -0.2) is 4.98 Å². The van der Waals surface area contributed by atoms with Gasteiger partial charge in [0.05, 0.1) is 48.3 Å². The lowest BCUT2D eigenvalue weighted by Gasteiger charge is -2.15. The average molecular weight is 927 g/mol. The molecule has 15 rings (SSSR count). The van der Waals surface area contributed by atoms with Crippen LogP contribution in [-0.4, -0.2) is 24.1 Å². The molecule has 5 heterocycles. The third kappa shape index (κ3) is 5.82. The summed E-state index contributed by atoms with van der Waals surface area (Å²) in [5, 5.41) is 3.61. The highest BCUT2D eigenvalue weighted by Gasteiger charge is 2.22. The van der Waals surface area contributed by atoms with E-state index >= 15 is 0 Å². The lowest BCUT2D eigenvalue weighted by atomic mass is 9.98. The van der Waals surface area contributed by atoms with Crippen molar-refractivity contribution in [3.05, 3.63) is 224 Å². The molecule has 70 heavy (non-hydrogen) atoms. The highest BCUT2D eigenvalue weighted by molar-refractivity contribution is 7.26. The number of aromatic nitrogens is 5. The van der Waals surface area contributed by atoms with E-state index in [4.69, 9.17) is 34.4 Å². The SMILES string of the molecule is [2H]c1cc([2H])c2c(c1[2H])c1c([2H])c([2H])c([2H])c([2H])c1n2-c1ccccc1-c1nc(-c2cccc(-c3cccc4c3sc3ccc(-c5cccc6c5oc5ccccc56)cc34)c2)nc(-n2c3c([2H])c([2H])c([2H])c([2H])c3c3c([2H])c([2H])c([2H])c([2H])c32)n1. The van der Waals surface area contributed by atoms with Crippen molar-refractivity contribution in [3.8, 4) is 56.7 Å². The van der Waals surface area contributed by atoms with Gasteiger partial charge in [-0.05, 0) is 77.3 Å². The fraction of sp³-hybridized carbons (Fsp3) is 0. The van der Waals surface area contributed by atoms with Gasteiger partial charge in [-0.1, -0.05) is 164 Å². The summed E-state index contributed by atoms with van der Waals surface area (Å²) >= 11 is 1.64. The smallest absolute Gasteiger partial charge is 0.238 e. The van der Waals surface area contributed by atoms with Gasteiger partial charge >= 0.3 is 0 Å². The minimum absolute atomic E-state index is 0.00208. The highest BCUT2D eigenvalue weighted by atomic mass is 32.1. The van der Waals surface area contributed by atoms with Crippen LogP contribution in [0.5, 0.6) is 0 Å². The number of nitrogens with zero attached hydrogens (tertiary/aromatic N) is 5. The van der Waals surface area contributed by atoms with Crippen LogP contribution in [0.25, 0.3) is 142 Å². The van der Waals surface area contributed by atoms with Crippen LogP contribution in [0.15, 0.2) is 229 Å². The monoisotopic (exact) mass is 926 g/mol. The first-order chi connectivity index (χ1) is 40.9. The molecule has 326 valence electrons. The fourth-order valence-corrected chi connectivity index (χ4v) is 11.1. The molecule has 10 aromatic carbocycles. The van der Waals surface area contributed by atoms with Crippen molar-refractivity contribution in [1.29, 1.82) is 0 Å². The quantitative estimate of drug-likeness (QED) is 0.167. The van der Waals surface area contributed by atoms with E-state index in [1.165, 1.54) is 9.13 Å². The van der Waals surface area contributed by atoms with Crippen LogP contribution < -0.4 is 0 Å². The van der Waals surface area contributed by atoms with Crippen molar-refractivity contribution < 1.29 is 25.0 Å². The minimum Gasteiger partial charge on any atom is -0.455 e. The Morgan fingerprint density at radius 2 is 1.00 bits per heavy atom. The van der Waals surface area contributed by atoms with E-state index in [1.807, 2.05) is 54.6 Å². The predicted octanol–water partition coefficient (Wildman–Crippen LogP) is 17.0. The molecule has 0 saturated heterocycles. The Labute approximate surface area is 425 Å². The van der Waals surface area contributed by atoms with Crippen LogP contribution in [0.1, 0.15) is 20.6 Å². The average Bonchev–Trinajstić information content (AvgIpc) is 2.16. The molecule has 0 amide bonds. The van der Waals surface area contributed by atoms with Crippen LogP contribution in [0.2, 0.25) is 0 Å². The zero-order chi connectivity index (χ0) is 58.9. The van der Waals surface area contributed by atoms with Crippen molar-refractivity contribution in [2.24, 2.45) is 0 Å². The summed E-state index contributed by atoms with van der Waals surface area (Å²) < 4.78 is 146. The number of benzene rings is 10. The first kappa shape index (κ1) is 27.0. The summed E-state index contributed by atoms with van der Waals surface area (Å²) in [6, 6.07) is 34.0. The van der Waals surface area contributed by atoms with Gasteiger partial charge in [-0.15, -0.1) is 11.3 Å². The third-order valence-electron chi connectivity index (χ3n) is 13.0. The fourth-order valence-electron chi connectivity index (χ4n) is 9.90. The molecular formula is C63H37N5OS. The Morgan fingerprint density at radius 3 is 1.81 bits per heavy atom. The Bertz CT molecular complexity index is 5460. The van der Waals surface area contributed by atoms with E-state index in [2.05, 4.69) is 42.5 Å². The maximum Gasteiger partial charge on any atom is 0.238 e. The number of rotatable bonds is 6. The van der Waals surface area contributed by atoms with Gasteiger partial charge in [-0.3, -0.25) is 4.57 Å². The molecule has 15 aromatic rings. The zero-order valence-corrected chi connectivity index (χ0v) is 37.1. The summed E-state index contributed by atoms with van der Waals surface area (Å²) in [6.07, 6.45) is 0. The van der Waals surface area contributed by atoms with Gasteiger partial charge < -0.3 is 8.98 Å². The number of hydrogen-bond donors (Lipinski definition) is 0. The standard InChI is InChI=1S/C63H37N5OS/c1-7-28-52-43(18-1)44-19-2-8-29-53(44)67(52)56-32-11-5-23-50(56)62-64-61(65-63(66-62)68-54-30-9-3-20-45(54)46-21-4-10-31-55(46)68)40-17-13-16-38(36-40)42-25-15-27-49-51-37-39(34-35-58(51)70-60(42)49)41-24-14-26-48-47-22-6-12-33-57(47)69-59(41)48/h1-37H/i1D,2D,3D,4D,7D,9D,10D,18D,19D,20D,21D,28D,29D,30D,31D. The van der Waals surface area contributed by atoms with E-state index < -0.39 is 72.5 Å². The molecule has 0 aliphatic heterocycles. The molecule has 0 aliphatic carbocycles. The summed E-state index contributed by atoms with van der Waals surface area (Å²) in [4.78, 5) is 15.2. The second kappa shape index (κ2) is 15.2. The second-order valence-electron chi connectivity index (χ2n) is 16.8. The third-order valence-corrected chi connectivity index (χ3v) is 14.2. The Balaban J connectivity index is 0.987. The van der Waals surface area contributed by atoms with Crippen LogP contribution in [0.4, 0.5) is 0 Å². The van der Waals surface area contributed by atoms with Gasteiger partial charge in [-0.2, -0.15) is 9.97 Å². The highest BCUT2D eigenvalue weighted by Crippen LogP contribution is 2.44. The largest absolute Gasteiger partial charge is 0.455 e. The summed E-state index contributed by atoms with van der Waals surface area (Å²) in [7, 11) is 0. The topological polar surface area (TPSA) is 61.7 Å². The molecule has 0 fully saturated rings. The normalized spacial score (nSPS) is 15.0. The number of hydrogen-bond acceptors (Lipinski definition) is 5. The van der Waals surface area contributed by atoms with E-state index in [1.54, 1.807) is 41.7 Å². The second-order valence-corrected chi connectivity index (χ2v) is 17.8. The van der Waals surface area contributed by atoms with Gasteiger partial charge in [0.15, 0.2) is 11.6 Å². The lowest BCUT2D eigenvalue weighted by Crippen LogP contribution is -2.07. The van der Waals surface area contributed by atoms with Gasteiger partial charge in [0.2, 0.25) is 5.95 Å². The van der Waals surface area contributed by atoms with Crippen LogP contribution in [-0.2, 0) is 0 Å². The van der Waals surface area contributed by atoms with Crippen molar-refractivity contribution in [1.82, 2.24) is 24.1 Å². The molecule has 5 aromatic heterocycles. The molecular weight excluding hydrogens is 875 g/mol. The van der Waals surface area contributed by atoms with Crippen LogP contribution in [0, 0.1) is 0 Å². The Hall–Kier alpha value is -9.17.